The number of aliphatic hydroxyl groups excluding tert-OH is 1. The van der Waals surface area contributed by atoms with Crippen molar-refractivity contribution < 1.29 is 14.6 Å². The molecule has 0 aliphatic heterocycles. The Hall–Kier alpha value is -1.77. The van der Waals surface area contributed by atoms with Crippen molar-refractivity contribution in [3.63, 3.8) is 0 Å². The third kappa shape index (κ3) is 3.66. The number of carbonyl (C=O) groups is 1. The zero-order valence-corrected chi connectivity index (χ0v) is 13.1. The normalized spacial score (nSPS) is 16.8. The lowest BCUT2D eigenvalue weighted by atomic mass is 9.94. The summed E-state index contributed by atoms with van der Waals surface area (Å²) in [4.78, 5) is 12.4. The highest BCUT2D eigenvalue weighted by Gasteiger charge is 2.23. The fourth-order valence-electron chi connectivity index (χ4n) is 3.22. The summed E-state index contributed by atoms with van der Waals surface area (Å²) in [7, 11) is 0. The smallest absolute Gasteiger partial charge is 0.342 e. The number of rotatable bonds is 3. The van der Waals surface area contributed by atoms with E-state index in [0.717, 1.165) is 54.2 Å². The fraction of sp³-hybridized carbons (Fsp3) is 0.500. The molecule has 0 heterocycles. The molecule has 1 aromatic carbocycles. The van der Waals surface area contributed by atoms with Crippen LogP contribution in [-0.4, -0.2) is 17.2 Å². The van der Waals surface area contributed by atoms with Crippen molar-refractivity contribution in [2.45, 2.75) is 59.0 Å². The van der Waals surface area contributed by atoms with E-state index in [2.05, 4.69) is 0 Å². The molecule has 2 rings (SSSR count). The van der Waals surface area contributed by atoms with E-state index in [1.54, 1.807) is 0 Å². The van der Waals surface area contributed by atoms with Gasteiger partial charge in [0, 0.05) is 0 Å². The van der Waals surface area contributed by atoms with Crippen LogP contribution in [0.4, 0.5) is 0 Å². The van der Waals surface area contributed by atoms with Gasteiger partial charge in [-0.1, -0.05) is 24.1 Å². The number of hydrogen-bond acceptors (Lipinski definition) is 3. The lowest BCUT2D eigenvalue weighted by Gasteiger charge is -2.23. The first-order valence-electron chi connectivity index (χ1n) is 7.66. The van der Waals surface area contributed by atoms with E-state index in [-0.39, 0.29) is 11.7 Å². The maximum atomic E-state index is 12.4. The zero-order valence-electron chi connectivity index (χ0n) is 13.1. The highest BCUT2D eigenvalue weighted by Crippen LogP contribution is 2.27. The first-order valence-corrected chi connectivity index (χ1v) is 7.66. The molecular formula is C18H24O3. The van der Waals surface area contributed by atoms with Gasteiger partial charge in [-0.15, -0.1) is 0 Å². The standard InChI is InChI=1S/C18H24O3/c1-12-9-13(2)17(14(3)10-12)16(11-19)18(20)21-15-7-5-4-6-8-15/h9-11,15,19H,4-8H2,1-3H3/b16-11+. The number of carbonyl (C=O) groups excluding carboxylic acids is 1. The van der Waals surface area contributed by atoms with Gasteiger partial charge in [0.1, 0.15) is 11.7 Å². The van der Waals surface area contributed by atoms with Gasteiger partial charge in [-0.3, -0.25) is 0 Å². The fourth-order valence-corrected chi connectivity index (χ4v) is 3.22. The average Bonchev–Trinajstić information content (AvgIpc) is 2.43. The molecule has 114 valence electrons. The first kappa shape index (κ1) is 15.6. The molecule has 21 heavy (non-hydrogen) atoms. The summed E-state index contributed by atoms with van der Waals surface area (Å²) >= 11 is 0. The maximum Gasteiger partial charge on any atom is 0.342 e. The second-order valence-corrected chi connectivity index (χ2v) is 5.98. The molecule has 0 aromatic heterocycles. The van der Waals surface area contributed by atoms with Crippen LogP contribution in [0.25, 0.3) is 5.57 Å². The number of benzene rings is 1. The molecule has 1 aromatic rings. The monoisotopic (exact) mass is 288 g/mol. The predicted molar refractivity (Wildman–Crippen MR) is 84.2 cm³/mol. The van der Waals surface area contributed by atoms with E-state index >= 15 is 0 Å². The molecule has 0 unspecified atom stereocenters. The van der Waals surface area contributed by atoms with Crippen LogP contribution in [0.3, 0.4) is 0 Å². The molecule has 1 saturated carbocycles. The third-order valence-electron chi connectivity index (χ3n) is 4.12. The van der Waals surface area contributed by atoms with Crippen LogP contribution in [-0.2, 0) is 9.53 Å². The highest BCUT2D eigenvalue weighted by atomic mass is 16.5. The van der Waals surface area contributed by atoms with Gasteiger partial charge in [0.25, 0.3) is 0 Å². The predicted octanol–water partition coefficient (Wildman–Crippen LogP) is 4.39. The van der Waals surface area contributed by atoms with Gasteiger partial charge >= 0.3 is 5.97 Å². The van der Waals surface area contributed by atoms with Crippen molar-refractivity contribution in [2.75, 3.05) is 0 Å². The molecule has 3 nitrogen and oxygen atoms in total. The van der Waals surface area contributed by atoms with Crippen molar-refractivity contribution in [1.29, 1.82) is 0 Å². The van der Waals surface area contributed by atoms with Crippen LogP contribution >= 0.6 is 0 Å². The van der Waals surface area contributed by atoms with Gasteiger partial charge in [-0.2, -0.15) is 0 Å². The van der Waals surface area contributed by atoms with E-state index < -0.39 is 5.97 Å². The van der Waals surface area contributed by atoms with Crippen molar-refractivity contribution in [3.05, 3.63) is 40.6 Å². The van der Waals surface area contributed by atoms with E-state index in [9.17, 15) is 9.90 Å². The topological polar surface area (TPSA) is 46.5 Å². The Morgan fingerprint density at radius 1 is 1.14 bits per heavy atom. The summed E-state index contributed by atoms with van der Waals surface area (Å²) in [5.41, 5.74) is 4.15. The minimum absolute atomic E-state index is 0.00717. The number of aliphatic hydroxyl groups is 1. The SMILES string of the molecule is Cc1cc(C)c(/C(=C\O)C(=O)OC2CCCCC2)c(C)c1. The Kier molecular flexibility index (Phi) is 5.05. The number of ether oxygens (including phenoxy) is 1. The van der Waals surface area contributed by atoms with Crippen LogP contribution < -0.4 is 0 Å². The van der Waals surface area contributed by atoms with Gasteiger partial charge in [0.05, 0.1) is 6.26 Å². The van der Waals surface area contributed by atoms with Gasteiger partial charge in [0.15, 0.2) is 0 Å². The number of aryl methyl sites for hydroxylation is 3. The molecule has 0 bridgehead atoms. The van der Waals surface area contributed by atoms with E-state index in [1.807, 2.05) is 32.9 Å². The van der Waals surface area contributed by atoms with E-state index in [0.29, 0.717) is 0 Å². The highest BCUT2D eigenvalue weighted by molar-refractivity contribution is 6.17. The first-order chi connectivity index (χ1) is 10.0. The molecule has 1 aliphatic carbocycles. The Balaban J connectivity index is 2.21. The molecule has 0 amide bonds. The minimum atomic E-state index is -0.417. The van der Waals surface area contributed by atoms with Crippen molar-refractivity contribution in [1.82, 2.24) is 0 Å². The van der Waals surface area contributed by atoms with Crippen molar-refractivity contribution in [2.24, 2.45) is 0 Å². The lowest BCUT2D eigenvalue weighted by Crippen LogP contribution is -2.22. The Morgan fingerprint density at radius 3 is 2.24 bits per heavy atom. The van der Waals surface area contributed by atoms with Gasteiger partial charge in [-0.05, 0) is 63.1 Å². The van der Waals surface area contributed by atoms with Crippen LogP contribution in [0.1, 0.15) is 54.4 Å². The average molecular weight is 288 g/mol. The Bertz CT molecular complexity index is 529. The summed E-state index contributed by atoms with van der Waals surface area (Å²) in [6.45, 7) is 5.92. The molecule has 0 saturated heterocycles. The van der Waals surface area contributed by atoms with Gasteiger partial charge < -0.3 is 9.84 Å². The van der Waals surface area contributed by atoms with Crippen LogP contribution in [0.15, 0.2) is 18.4 Å². The van der Waals surface area contributed by atoms with Crippen LogP contribution in [0.2, 0.25) is 0 Å². The zero-order chi connectivity index (χ0) is 15.4. The van der Waals surface area contributed by atoms with E-state index in [1.165, 1.54) is 6.42 Å². The summed E-state index contributed by atoms with van der Waals surface area (Å²) < 4.78 is 5.57. The second-order valence-electron chi connectivity index (χ2n) is 5.98. The van der Waals surface area contributed by atoms with Gasteiger partial charge in [-0.25, -0.2) is 4.79 Å². The minimum Gasteiger partial charge on any atom is -0.515 e. The molecule has 0 radical (unpaired) electrons. The van der Waals surface area contributed by atoms with E-state index in [4.69, 9.17) is 4.74 Å². The molecular weight excluding hydrogens is 264 g/mol. The summed E-state index contributed by atoms with van der Waals surface area (Å²) in [5.74, 6) is -0.417. The maximum absolute atomic E-state index is 12.4. The Morgan fingerprint density at radius 2 is 1.71 bits per heavy atom. The number of hydrogen-bond donors (Lipinski definition) is 1. The third-order valence-corrected chi connectivity index (χ3v) is 4.12. The molecule has 0 atom stereocenters. The quantitative estimate of drug-likeness (QED) is 0.510. The molecule has 1 N–H and O–H groups in total. The largest absolute Gasteiger partial charge is 0.515 e. The summed E-state index contributed by atoms with van der Waals surface area (Å²) in [6, 6.07) is 4.03. The molecule has 1 aliphatic rings. The summed E-state index contributed by atoms with van der Waals surface area (Å²) in [5, 5.41) is 9.53. The van der Waals surface area contributed by atoms with Crippen molar-refractivity contribution in [3.8, 4) is 0 Å². The van der Waals surface area contributed by atoms with Crippen LogP contribution in [0, 0.1) is 20.8 Å². The Labute approximate surface area is 126 Å². The molecule has 1 fully saturated rings. The number of esters is 1. The summed E-state index contributed by atoms with van der Waals surface area (Å²) in [6.07, 6.45) is 6.17. The van der Waals surface area contributed by atoms with Gasteiger partial charge in [0.2, 0.25) is 0 Å². The van der Waals surface area contributed by atoms with Crippen molar-refractivity contribution >= 4 is 11.5 Å². The second kappa shape index (κ2) is 6.79. The molecule has 0 spiro atoms. The van der Waals surface area contributed by atoms with Crippen LogP contribution in [0.5, 0.6) is 0 Å². The lowest BCUT2D eigenvalue weighted by molar-refractivity contribution is -0.143. The molecule has 3 heteroatoms.